The smallest absolute Gasteiger partial charge is 0.335 e. The molecule has 4 rings (SSSR count). The van der Waals surface area contributed by atoms with Crippen molar-refractivity contribution in [2.24, 2.45) is 0 Å². The fourth-order valence-corrected chi connectivity index (χ4v) is 4.43. The Labute approximate surface area is 200 Å². The van der Waals surface area contributed by atoms with Gasteiger partial charge in [-0.3, -0.25) is 14.4 Å². The summed E-state index contributed by atoms with van der Waals surface area (Å²) in [6.07, 6.45) is 3.26. The van der Waals surface area contributed by atoms with E-state index in [9.17, 15) is 19.2 Å². The molecule has 180 valence electrons. The Balaban J connectivity index is 0.000000191. The van der Waals surface area contributed by atoms with Gasteiger partial charge >= 0.3 is 5.97 Å². The molecule has 0 fully saturated rings. The minimum atomic E-state index is -0.902. The molecule has 0 aliphatic carbocycles. The van der Waals surface area contributed by atoms with Crippen LogP contribution < -0.4 is 0 Å². The Bertz CT molecular complexity index is 1020. The summed E-state index contributed by atoms with van der Waals surface area (Å²) in [6, 6.07) is 11.1. The molecule has 34 heavy (non-hydrogen) atoms. The van der Waals surface area contributed by atoms with Crippen LogP contribution in [0, 0.1) is 0 Å². The normalized spacial score (nSPS) is 15.0. The fraction of sp³-hybridized carbons (Fsp3) is 0.407. The van der Waals surface area contributed by atoms with Crippen molar-refractivity contribution in [1.82, 2.24) is 9.80 Å². The molecule has 0 saturated heterocycles. The van der Waals surface area contributed by atoms with Crippen molar-refractivity contribution in [2.75, 3.05) is 26.2 Å². The van der Waals surface area contributed by atoms with E-state index in [1.165, 1.54) is 11.1 Å². The first kappa shape index (κ1) is 25.1. The summed E-state index contributed by atoms with van der Waals surface area (Å²) < 4.78 is 0. The highest BCUT2D eigenvalue weighted by Gasteiger charge is 2.18. The summed E-state index contributed by atoms with van der Waals surface area (Å²) in [6.45, 7) is 7.68. The topological polar surface area (TPSA) is 95.0 Å². The van der Waals surface area contributed by atoms with E-state index in [1.54, 1.807) is 37.8 Å². The highest BCUT2D eigenvalue weighted by molar-refractivity contribution is 5.94. The summed E-state index contributed by atoms with van der Waals surface area (Å²) in [5.41, 5.74) is 5.76. The molecule has 0 radical (unpaired) electrons. The van der Waals surface area contributed by atoms with E-state index < -0.39 is 5.97 Å². The number of benzene rings is 2. The molecule has 0 bridgehead atoms. The van der Waals surface area contributed by atoms with Gasteiger partial charge in [-0.15, -0.1) is 0 Å². The number of rotatable bonds is 2. The third-order valence-electron chi connectivity index (χ3n) is 6.56. The molecule has 0 aromatic heterocycles. The van der Waals surface area contributed by atoms with E-state index in [2.05, 4.69) is 0 Å². The average molecular weight is 465 g/mol. The maximum atomic E-state index is 11.3. The first-order valence-electron chi connectivity index (χ1n) is 11.6. The monoisotopic (exact) mass is 464 g/mol. The minimum absolute atomic E-state index is 0.0799. The SMILES string of the molecule is CC(=O)N1CCc2ccc(C(=O)O)cc2CC1.CC(=O)c1ccc2c(c1)CCN(C(C)=O)CC2. The molecule has 2 aromatic rings. The van der Waals surface area contributed by atoms with Crippen LogP contribution in [0.2, 0.25) is 0 Å². The van der Waals surface area contributed by atoms with Crippen molar-refractivity contribution in [3.63, 3.8) is 0 Å². The van der Waals surface area contributed by atoms with Crippen LogP contribution in [0.1, 0.15) is 63.7 Å². The summed E-state index contributed by atoms with van der Waals surface area (Å²) in [7, 11) is 0. The maximum absolute atomic E-state index is 11.3. The Morgan fingerprint density at radius 1 is 0.618 bits per heavy atom. The van der Waals surface area contributed by atoms with Gasteiger partial charge in [-0.1, -0.05) is 18.2 Å². The maximum Gasteiger partial charge on any atom is 0.335 e. The first-order chi connectivity index (χ1) is 16.2. The first-order valence-corrected chi connectivity index (χ1v) is 11.6. The minimum Gasteiger partial charge on any atom is -0.478 e. The second-order valence-corrected chi connectivity index (χ2v) is 8.84. The predicted molar refractivity (Wildman–Crippen MR) is 129 cm³/mol. The summed E-state index contributed by atoms with van der Waals surface area (Å²) in [5, 5.41) is 8.93. The van der Waals surface area contributed by atoms with Crippen molar-refractivity contribution in [1.29, 1.82) is 0 Å². The molecule has 7 heteroatoms. The zero-order valence-electron chi connectivity index (χ0n) is 20.1. The molecular formula is C27H32N2O5. The van der Waals surface area contributed by atoms with Gasteiger partial charge in [-0.05, 0) is 73.1 Å². The van der Waals surface area contributed by atoms with Crippen molar-refractivity contribution >= 4 is 23.6 Å². The zero-order valence-corrected chi connectivity index (χ0v) is 20.1. The van der Waals surface area contributed by atoms with Gasteiger partial charge in [0.05, 0.1) is 5.56 Å². The molecule has 1 N–H and O–H groups in total. The Hall–Kier alpha value is -3.48. The Morgan fingerprint density at radius 2 is 1.00 bits per heavy atom. The Morgan fingerprint density at radius 3 is 1.38 bits per heavy atom. The summed E-state index contributed by atoms with van der Waals surface area (Å²) >= 11 is 0. The molecule has 2 amide bonds. The molecular weight excluding hydrogens is 432 g/mol. The molecule has 2 aromatic carbocycles. The lowest BCUT2D eigenvalue weighted by atomic mass is 9.99. The van der Waals surface area contributed by atoms with Crippen LogP contribution in [-0.4, -0.2) is 64.7 Å². The average Bonchev–Trinajstić information content (AvgIpc) is 3.15. The summed E-state index contributed by atoms with van der Waals surface area (Å²) in [5.74, 6) is -0.596. The number of amides is 2. The van der Waals surface area contributed by atoms with Crippen LogP contribution in [-0.2, 0) is 35.3 Å². The van der Waals surface area contributed by atoms with Crippen LogP contribution in [0.15, 0.2) is 36.4 Å². The van der Waals surface area contributed by atoms with E-state index in [0.29, 0.717) is 12.1 Å². The lowest BCUT2D eigenvalue weighted by Crippen LogP contribution is -2.30. The third kappa shape index (κ3) is 6.31. The standard InChI is InChI=1S/C14H17NO2.C13H15NO3/c1-10(16)13-4-3-12-5-7-15(11(2)17)8-6-14(12)9-13;1-9(15)14-6-4-10-2-3-12(13(16)17)8-11(10)5-7-14/h3-4,9H,5-8H2,1-2H3;2-3,8H,4-7H2,1H3,(H,16,17). The van der Waals surface area contributed by atoms with Crippen LogP contribution in [0.25, 0.3) is 0 Å². The quantitative estimate of drug-likeness (QED) is 0.689. The number of carbonyl (C=O) groups excluding carboxylic acids is 3. The fourth-order valence-electron chi connectivity index (χ4n) is 4.43. The lowest BCUT2D eigenvalue weighted by molar-refractivity contribution is -0.129. The van der Waals surface area contributed by atoms with Gasteiger partial charge in [0, 0.05) is 45.6 Å². The molecule has 0 spiro atoms. The van der Waals surface area contributed by atoms with Crippen molar-refractivity contribution in [3.05, 3.63) is 69.8 Å². The molecule has 2 heterocycles. The van der Waals surface area contributed by atoms with Crippen LogP contribution in [0.4, 0.5) is 0 Å². The number of carbonyl (C=O) groups is 4. The van der Waals surface area contributed by atoms with Gasteiger partial charge in [-0.2, -0.15) is 0 Å². The number of carboxylic acid groups (broad SMARTS) is 1. The molecule has 2 aliphatic rings. The highest BCUT2D eigenvalue weighted by atomic mass is 16.4. The number of ketones is 1. The van der Waals surface area contributed by atoms with Gasteiger partial charge in [0.2, 0.25) is 11.8 Å². The lowest BCUT2D eigenvalue weighted by Gasteiger charge is -2.17. The van der Waals surface area contributed by atoms with Gasteiger partial charge in [0.25, 0.3) is 0 Å². The van der Waals surface area contributed by atoms with E-state index in [4.69, 9.17) is 5.11 Å². The highest BCUT2D eigenvalue weighted by Crippen LogP contribution is 2.19. The van der Waals surface area contributed by atoms with E-state index >= 15 is 0 Å². The van der Waals surface area contributed by atoms with Crippen LogP contribution in [0.3, 0.4) is 0 Å². The molecule has 7 nitrogen and oxygen atoms in total. The number of hydrogen-bond acceptors (Lipinski definition) is 4. The summed E-state index contributed by atoms with van der Waals surface area (Å²) in [4.78, 5) is 48.5. The number of Topliss-reactive ketones (excluding diaryl/α,β-unsaturated/α-hetero) is 1. The van der Waals surface area contributed by atoms with E-state index in [0.717, 1.165) is 62.0 Å². The second-order valence-electron chi connectivity index (χ2n) is 8.84. The van der Waals surface area contributed by atoms with Crippen molar-refractivity contribution in [2.45, 2.75) is 46.5 Å². The second kappa shape index (κ2) is 11.1. The van der Waals surface area contributed by atoms with Gasteiger partial charge < -0.3 is 14.9 Å². The molecule has 0 saturated carbocycles. The number of fused-ring (bicyclic) bond motifs is 2. The number of hydrogen-bond donors (Lipinski definition) is 1. The van der Waals surface area contributed by atoms with Gasteiger partial charge in [-0.25, -0.2) is 4.79 Å². The van der Waals surface area contributed by atoms with E-state index in [1.807, 2.05) is 29.2 Å². The molecule has 2 aliphatic heterocycles. The van der Waals surface area contributed by atoms with E-state index in [-0.39, 0.29) is 17.6 Å². The van der Waals surface area contributed by atoms with Crippen LogP contribution >= 0.6 is 0 Å². The zero-order chi connectivity index (χ0) is 24.8. The largest absolute Gasteiger partial charge is 0.478 e. The number of carboxylic acids is 1. The molecule has 0 unspecified atom stereocenters. The van der Waals surface area contributed by atoms with Gasteiger partial charge in [0.15, 0.2) is 5.78 Å². The van der Waals surface area contributed by atoms with Crippen molar-refractivity contribution < 1.29 is 24.3 Å². The Kier molecular flexibility index (Phi) is 8.21. The molecule has 0 atom stereocenters. The third-order valence-corrected chi connectivity index (χ3v) is 6.56. The van der Waals surface area contributed by atoms with Crippen LogP contribution in [0.5, 0.6) is 0 Å². The van der Waals surface area contributed by atoms with Crippen molar-refractivity contribution in [3.8, 4) is 0 Å². The predicted octanol–water partition coefficient (Wildman–Crippen LogP) is 3.17. The van der Waals surface area contributed by atoms with Gasteiger partial charge in [0.1, 0.15) is 0 Å². The number of nitrogens with zero attached hydrogens (tertiary/aromatic N) is 2. The number of aromatic carboxylic acids is 1.